The molecule has 2 aromatic rings. The molecule has 0 unspecified atom stereocenters. The van der Waals surface area contributed by atoms with Crippen molar-refractivity contribution >= 4 is 34.6 Å². The van der Waals surface area contributed by atoms with Crippen molar-refractivity contribution in [2.45, 2.75) is 13.3 Å². The monoisotopic (exact) mass is 348 g/mol. The van der Waals surface area contributed by atoms with Crippen LogP contribution in [-0.2, 0) is 16.0 Å². The number of nitrogens with zero attached hydrogens (tertiary/aromatic N) is 1. The maximum atomic E-state index is 11.9. The Kier molecular flexibility index (Phi) is 4.58. The third-order valence-corrected chi connectivity index (χ3v) is 5.65. The van der Waals surface area contributed by atoms with Crippen LogP contribution >= 0.6 is 22.7 Å². The lowest BCUT2D eigenvalue weighted by molar-refractivity contribution is -0.145. The van der Waals surface area contributed by atoms with Crippen molar-refractivity contribution in [3.05, 3.63) is 39.5 Å². The van der Waals surface area contributed by atoms with Gasteiger partial charge in [0.1, 0.15) is 0 Å². The molecule has 0 bridgehead atoms. The fourth-order valence-corrected chi connectivity index (χ4v) is 4.03. The predicted molar refractivity (Wildman–Crippen MR) is 90.6 cm³/mol. The number of thiazole rings is 1. The second kappa shape index (κ2) is 6.64. The molecule has 0 aliphatic heterocycles. The Morgan fingerprint density at radius 2 is 2.09 bits per heavy atom. The van der Waals surface area contributed by atoms with Crippen molar-refractivity contribution in [2.75, 3.05) is 6.54 Å². The van der Waals surface area contributed by atoms with Crippen LogP contribution in [0.2, 0.25) is 0 Å². The van der Waals surface area contributed by atoms with Crippen molar-refractivity contribution in [3.8, 4) is 10.6 Å². The molecule has 0 fully saturated rings. The Morgan fingerprint density at radius 3 is 2.70 bits per heavy atom. The number of amides is 1. The summed E-state index contributed by atoms with van der Waals surface area (Å²) in [6.45, 7) is 2.49. The largest absolute Gasteiger partial charge is 0.481 e. The van der Waals surface area contributed by atoms with E-state index in [1.807, 2.05) is 24.4 Å². The van der Waals surface area contributed by atoms with Crippen molar-refractivity contribution in [1.29, 1.82) is 0 Å². The van der Waals surface area contributed by atoms with Crippen LogP contribution in [0.25, 0.3) is 10.6 Å². The molecule has 120 valence electrons. The average molecular weight is 348 g/mol. The number of aromatic nitrogens is 1. The molecular weight excluding hydrogens is 332 g/mol. The lowest BCUT2D eigenvalue weighted by Gasteiger charge is -2.24. The van der Waals surface area contributed by atoms with Crippen LogP contribution in [0.5, 0.6) is 0 Å². The molecule has 0 aromatic carbocycles. The van der Waals surface area contributed by atoms with Crippen molar-refractivity contribution in [3.63, 3.8) is 0 Å². The Bertz CT molecular complexity index is 763. The number of aryl methyl sites for hydroxylation is 1. The van der Waals surface area contributed by atoms with Crippen molar-refractivity contribution in [1.82, 2.24) is 10.3 Å². The molecule has 2 N–H and O–H groups in total. The van der Waals surface area contributed by atoms with Gasteiger partial charge in [0.15, 0.2) is 0 Å². The number of aliphatic carboxylic acids is 1. The van der Waals surface area contributed by atoms with Crippen molar-refractivity contribution < 1.29 is 14.7 Å². The maximum Gasteiger partial charge on any atom is 0.311 e. The fourth-order valence-electron chi connectivity index (χ4n) is 2.37. The SMILES string of the molecule is Cc1nc(-c2ccc(CCNC(=O)[C@@H]3C=C[C@@H]3C(=O)O)s2)cs1. The van der Waals surface area contributed by atoms with Gasteiger partial charge in [-0.05, 0) is 25.5 Å². The zero-order valence-electron chi connectivity index (χ0n) is 12.5. The molecule has 3 rings (SSSR count). The van der Waals surface area contributed by atoms with Crippen LogP contribution in [-0.4, -0.2) is 28.5 Å². The number of carboxylic acid groups (broad SMARTS) is 1. The molecule has 5 nitrogen and oxygen atoms in total. The summed E-state index contributed by atoms with van der Waals surface area (Å²) in [6.07, 6.45) is 3.92. The van der Waals surface area contributed by atoms with Gasteiger partial charge in [0.2, 0.25) is 5.91 Å². The van der Waals surface area contributed by atoms with E-state index >= 15 is 0 Å². The highest BCUT2D eigenvalue weighted by Gasteiger charge is 2.35. The minimum Gasteiger partial charge on any atom is -0.481 e. The minimum absolute atomic E-state index is 0.216. The highest BCUT2D eigenvalue weighted by atomic mass is 32.1. The topological polar surface area (TPSA) is 79.3 Å². The van der Waals surface area contributed by atoms with Crippen LogP contribution in [0.15, 0.2) is 29.7 Å². The summed E-state index contributed by atoms with van der Waals surface area (Å²) >= 11 is 3.30. The molecule has 1 amide bonds. The van der Waals surface area contributed by atoms with Crippen LogP contribution < -0.4 is 5.32 Å². The van der Waals surface area contributed by atoms with Crippen LogP contribution in [0.1, 0.15) is 9.88 Å². The van der Waals surface area contributed by atoms with Gasteiger partial charge in [-0.25, -0.2) is 4.98 Å². The summed E-state index contributed by atoms with van der Waals surface area (Å²) in [4.78, 5) is 29.6. The lowest BCUT2D eigenvalue weighted by atomic mass is 9.81. The van der Waals surface area contributed by atoms with Gasteiger partial charge in [-0.15, -0.1) is 22.7 Å². The zero-order chi connectivity index (χ0) is 16.4. The number of hydrogen-bond acceptors (Lipinski definition) is 5. The van der Waals surface area contributed by atoms with Gasteiger partial charge in [-0.1, -0.05) is 12.2 Å². The number of carbonyl (C=O) groups is 2. The Morgan fingerprint density at radius 1 is 1.30 bits per heavy atom. The van der Waals surface area contributed by atoms with E-state index in [1.54, 1.807) is 34.8 Å². The first-order valence-corrected chi connectivity index (χ1v) is 8.94. The first-order valence-electron chi connectivity index (χ1n) is 7.24. The lowest BCUT2D eigenvalue weighted by Crippen LogP contribution is -2.40. The van der Waals surface area contributed by atoms with Crippen LogP contribution in [0.4, 0.5) is 0 Å². The van der Waals surface area contributed by atoms with Gasteiger partial charge in [0, 0.05) is 16.8 Å². The van der Waals surface area contributed by atoms with Crippen LogP contribution in [0.3, 0.4) is 0 Å². The average Bonchev–Trinajstić information content (AvgIpc) is 3.05. The standard InChI is InChI=1S/C16H16N2O3S2/c1-9-18-13(8-22-9)14-5-2-10(23-14)6-7-17-15(19)11-3-4-12(11)16(20)21/h2-5,8,11-12H,6-7H2,1H3,(H,17,19)(H,20,21)/t11-,12+/m1/s1. The van der Waals surface area contributed by atoms with E-state index in [0.717, 1.165) is 22.0 Å². The summed E-state index contributed by atoms with van der Waals surface area (Å²) in [5.74, 6) is -2.39. The normalized spacial score (nSPS) is 19.3. The highest BCUT2D eigenvalue weighted by molar-refractivity contribution is 7.16. The first kappa shape index (κ1) is 15.9. The second-order valence-corrected chi connectivity index (χ2v) is 7.56. The van der Waals surface area contributed by atoms with Crippen molar-refractivity contribution in [2.24, 2.45) is 11.8 Å². The van der Waals surface area contributed by atoms with E-state index in [9.17, 15) is 9.59 Å². The van der Waals surface area contributed by atoms with E-state index in [0.29, 0.717) is 6.54 Å². The molecule has 1 aliphatic carbocycles. The Hall–Kier alpha value is -1.99. The quantitative estimate of drug-likeness (QED) is 0.787. The molecule has 2 atom stereocenters. The molecular formula is C16H16N2O3S2. The van der Waals surface area contributed by atoms with Gasteiger partial charge < -0.3 is 10.4 Å². The van der Waals surface area contributed by atoms with Gasteiger partial charge in [-0.2, -0.15) is 0 Å². The summed E-state index contributed by atoms with van der Waals surface area (Å²) in [6, 6.07) is 4.09. The Balaban J connectivity index is 1.50. The molecule has 2 heterocycles. The number of rotatable bonds is 6. The molecule has 2 aromatic heterocycles. The number of carboxylic acids is 1. The molecule has 23 heavy (non-hydrogen) atoms. The van der Waals surface area contributed by atoms with E-state index in [-0.39, 0.29) is 5.91 Å². The Labute approximate surface area is 141 Å². The van der Waals surface area contributed by atoms with Gasteiger partial charge in [-0.3, -0.25) is 9.59 Å². The number of hydrogen-bond donors (Lipinski definition) is 2. The third-order valence-electron chi connectivity index (χ3n) is 3.70. The van der Waals surface area contributed by atoms with Gasteiger partial charge in [0.05, 0.1) is 27.4 Å². The maximum absolute atomic E-state index is 11.9. The first-order chi connectivity index (χ1) is 11.0. The summed E-state index contributed by atoms with van der Waals surface area (Å²) < 4.78 is 0. The van der Waals surface area contributed by atoms with Crippen LogP contribution in [0, 0.1) is 18.8 Å². The van der Waals surface area contributed by atoms with Gasteiger partial charge in [0.25, 0.3) is 0 Å². The molecule has 0 saturated heterocycles. The minimum atomic E-state index is -0.950. The molecule has 0 radical (unpaired) electrons. The van der Waals surface area contributed by atoms with E-state index in [1.165, 1.54) is 4.88 Å². The smallest absolute Gasteiger partial charge is 0.311 e. The second-order valence-electron chi connectivity index (χ2n) is 5.33. The zero-order valence-corrected chi connectivity index (χ0v) is 14.1. The van der Waals surface area contributed by atoms with E-state index in [4.69, 9.17) is 5.11 Å². The molecule has 1 aliphatic rings. The number of nitrogens with one attached hydrogen (secondary N) is 1. The van der Waals surface area contributed by atoms with Gasteiger partial charge >= 0.3 is 5.97 Å². The molecule has 0 spiro atoms. The number of carbonyl (C=O) groups excluding carboxylic acids is 1. The van der Waals surface area contributed by atoms with E-state index in [2.05, 4.69) is 10.3 Å². The van der Waals surface area contributed by atoms with E-state index < -0.39 is 17.8 Å². The highest BCUT2D eigenvalue weighted by Crippen LogP contribution is 2.29. The fraction of sp³-hybridized carbons (Fsp3) is 0.312. The summed E-state index contributed by atoms with van der Waals surface area (Å²) in [5.41, 5.74) is 0.997. The molecule has 7 heteroatoms. The summed E-state index contributed by atoms with van der Waals surface area (Å²) in [5, 5.41) is 14.8. The summed E-state index contributed by atoms with van der Waals surface area (Å²) in [7, 11) is 0. The number of thiophene rings is 1. The predicted octanol–water partition coefficient (Wildman–Crippen LogP) is 2.73. The molecule has 0 saturated carbocycles. The third kappa shape index (κ3) is 3.51.